The van der Waals surface area contributed by atoms with Crippen LogP contribution in [-0.2, 0) is 9.47 Å². The van der Waals surface area contributed by atoms with E-state index in [-0.39, 0.29) is 6.29 Å². The van der Waals surface area contributed by atoms with Crippen molar-refractivity contribution in [2.45, 2.75) is 64.6 Å². The topological polar surface area (TPSA) is 18.5 Å². The van der Waals surface area contributed by atoms with E-state index in [1.165, 1.54) is 25.7 Å². The summed E-state index contributed by atoms with van der Waals surface area (Å²) < 4.78 is 11.2. The standard InChI is InChI=1S/C18H28O2/c1-2-19-17-8-13(3-4-20-17)9-18-10-14-5-15(11-18)7-16(6-14)12-18/h3-4,13-17H,2,5-12H2,1H3. The predicted octanol–water partition coefficient (Wildman–Crippen LogP) is 4.51. The van der Waals surface area contributed by atoms with Gasteiger partial charge in [-0.25, -0.2) is 0 Å². The van der Waals surface area contributed by atoms with Gasteiger partial charge in [-0.3, -0.25) is 0 Å². The van der Waals surface area contributed by atoms with Crippen LogP contribution >= 0.6 is 0 Å². The van der Waals surface area contributed by atoms with Gasteiger partial charge in [-0.1, -0.05) is 0 Å². The van der Waals surface area contributed by atoms with Gasteiger partial charge < -0.3 is 9.47 Å². The fourth-order valence-corrected chi connectivity index (χ4v) is 6.17. The third-order valence-corrected chi connectivity index (χ3v) is 6.29. The van der Waals surface area contributed by atoms with Crippen molar-refractivity contribution in [2.75, 3.05) is 6.61 Å². The molecule has 0 spiro atoms. The van der Waals surface area contributed by atoms with E-state index in [9.17, 15) is 0 Å². The van der Waals surface area contributed by atoms with Gasteiger partial charge in [0.15, 0.2) is 6.29 Å². The molecule has 4 fully saturated rings. The molecule has 4 bridgehead atoms. The SMILES string of the molecule is CCOC1CC(CC23CC4CC(CC(C4)C2)C3)C=CO1. The molecular formula is C18H28O2. The number of rotatable bonds is 4. The van der Waals surface area contributed by atoms with Crippen LogP contribution in [0.3, 0.4) is 0 Å². The molecular weight excluding hydrogens is 248 g/mol. The average molecular weight is 276 g/mol. The highest BCUT2D eigenvalue weighted by Crippen LogP contribution is 2.62. The van der Waals surface area contributed by atoms with Crippen molar-refractivity contribution < 1.29 is 9.47 Å². The maximum absolute atomic E-state index is 5.66. The Morgan fingerprint density at radius 3 is 2.30 bits per heavy atom. The minimum atomic E-state index is 0.00362. The first-order valence-corrected chi connectivity index (χ1v) is 8.68. The maximum atomic E-state index is 5.66. The van der Waals surface area contributed by atoms with E-state index >= 15 is 0 Å². The summed E-state index contributed by atoms with van der Waals surface area (Å²) in [5, 5.41) is 0. The van der Waals surface area contributed by atoms with Gasteiger partial charge in [-0.05, 0) is 87.0 Å². The van der Waals surface area contributed by atoms with E-state index < -0.39 is 0 Å². The van der Waals surface area contributed by atoms with Gasteiger partial charge >= 0.3 is 0 Å². The Morgan fingerprint density at radius 1 is 1.05 bits per heavy atom. The molecule has 2 atom stereocenters. The highest BCUT2D eigenvalue weighted by molar-refractivity contribution is 5.04. The molecule has 4 saturated carbocycles. The number of ether oxygens (including phenoxy) is 2. The van der Waals surface area contributed by atoms with Crippen molar-refractivity contribution in [3.05, 3.63) is 12.3 Å². The zero-order valence-corrected chi connectivity index (χ0v) is 12.7. The normalized spacial score (nSPS) is 49.4. The lowest BCUT2D eigenvalue weighted by Crippen LogP contribution is -2.47. The lowest BCUT2D eigenvalue weighted by molar-refractivity contribution is -0.126. The van der Waals surface area contributed by atoms with Crippen molar-refractivity contribution in [2.24, 2.45) is 29.1 Å². The molecule has 2 nitrogen and oxygen atoms in total. The molecule has 5 rings (SSSR count). The molecule has 4 aliphatic carbocycles. The zero-order valence-electron chi connectivity index (χ0n) is 12.7. The third-order valence-electron chi connectivity index (χ3n) is 6.29. The highest BCUT2D eigenvalue weighted by Gasteiger charge is 2.51. The summed E-state index contributed by atoms with van der Waals surface area (Å²) in [4.78, 5) is 0. The van der Waals surface area contributed by atoms with E-state index in [1.807, 2.05) is 6.26 Å². The molecule has 0 aromatic carbocycles. The second-order valence-corrected chi connectivity index (χ2v) is 7.97. The number of allylic oxidation sites excluding steroid dienone is 1. The van der Waals surface area contributed by atoms with E-state index in [2.05, 4.69) is 13.0 Å². The summed E-state index contributed by atoms with van der Waals surface area (Å²) in [5.41, 5.74) is 0.678. The van der Waals surface area contributed by atoms with Crippen molar-refractivity contribution in [1.29, 1.82) is 0 Å². The molecule has 1 aliphatic heterocycles. The molecule has 0 N–H and O–H groups in total. The highest BCUT2D eigenvalue weighted by atomic mass is 16.7. The first-order valence-electron chi connectivity index (χ1n) is 8.68. The van der Waals surface area contributed by atoms with Gasteiger partial charge in [-0.2, -0.15) is 0 Å². The molecule has 0 aromatic rings. The Labute approximate surface area is 122 Å². The van der Waals surface area contributed by atoms with Crippen LogP contribution in [0.25, 0.3) is 0 Å². The van der Waals surface area contributed by atoms with Crippen LogP contribution in [0.1, 0.15) is 58.3 Å². The van der Waals surface area contributed by atoms with Crippen molar-refractivity contribution >= 4 is 0 Å². The Bertz CT molecular complexity index is 352. The first-order chi connectivity index (χ1) is 9.75. The van der Waals surface area contributed by atoms with Gasteiger partial charge in [-0.15, -0.1) is 0 Å². The molecule has 0 amide bonds. The summed E-state index contributed by atoms with van der Waals surface area (Å²) in [6, 6.07) is 0. The fourth-order valence-electron chi connectivity index (χ4n) is 6.17. The Hall–Kier alpha value is -0.500. The molecule has 2 heteroatoms. The second kappa shape index (κ2) is 5.05. The van der Waals surface area contributed by atoms with Crippen LogP contribution in [-0.4, -0.2) is 12.9 Å². The van der Waals surface area contributed by atoms with Crippen molar-refractivity contribution in [3.63, 3.8) is 0 Å². The second-order valence-electron chi connectivity index (χ2n) is 7.97. The van der Waals surface area contributed by atoms with Gasteiger partial charge in [0.25, 0.3) is 0 Å². The van der Waals surface area contributed by atoms with Gasteiger partial charge in [0, 0.05) is 13.0 Å². The quantitative estimate of drug-likeness (QED) is 0.752. The monoisotopic (exact) mass is 276 g/mol. The molecule has 20 heavy (non-hydrogen) atoms. The Morgan fingerprint density at radius 2 is 1.70 bits per heavy atom. The summed E-state index contributed by atoms with van der Waals surface area (Å²) in [7, 11) is 0. The van der Waals surface area contributed by atoms with Crippen molar-refractivity contribution in [3.8, 4) is 0 Å². The van der Waals surface area contributed by atoms with E-state index in [1.54, 1.807) is 19.3 Å². The molecule has 5 aliphatic rings. The number of hydrogen-bond acceptors (Lipinski definition) is 2. The summed E-state index contributed by atoms with van der Waals surface area (Å²) in [6.07, 6.45) is 15.8. The Balaban J connectivity index is 1.43. The zero-order chi connectivity index (χ0) is 13.6. The van der Waals surface area contributed by atoms with E-state index in [0.717, 1.165) is 30.8 Å². The summed E-state index contributed by atoms with van der Waals surface area (Å²) >= 11 is 0. The largest absolute Gasteiger partial charge is 0.473 e. The minimum absolute atomic E-state index is 0.00362. The van der Waals surface area contributed by atoms with Gasteiger partial charge in [0.2, 0.25) is 0 Å². The van der Waals surface area contributed by atoms with Crippen LogP contribution in [0.5, 0.6) is 0 Å². The van der Waals surface area contributed by atoms with Crippen LogP contribution in [0, 0.1) is 29.1 Å². The van der Waals surface area contributed by atoms with Gasteiger partial charge in [0.1, 0.15) is 0 Å². The van der Waals surface area contributed by atoms with Crippen LogP contribution in [0.4, 0.5) is 0 Å². The van der Waals surface area contributed by atoms with Crippen molar-refractivity contribution in [1.82, 2.24) is 0 Å². The maximum Gasteiger partial charge on any atom is 0.199 e. The Kier molecular flexibility index (Phi) is 3.33. The third kappa shape index (κ3) is 2.41. The van der Waals surface area contributed by atoms with E-state index in [4.69, 9.17) is 9.47 Å². The van der Waals surface area contributed by atoms with Crippen LogP contribution in [0.15, 0.2) is 12.3 Å². The molecule has 2 unspecified atom stereocenters. The van der Waals surface area contributed by atoms with Crippen LogP contribution < -0.4 is 0 Å². The summed E-state index contributed by atoms with van der Waals surface area (Å²) in [6.45, 7) is 2.80. The predicted molar refractivity (Wildman–Crippen MR) is 79.0 cm³/mol. The molecule has 0 aromatic heterocycles. The number of hydrogen-bond donors (Lipinski definition) is 0. The van der Waals surface area contributed by atoms with E-state index in [0.29, 0.717) is 11.3 Å². The molecule has 112 valence electrons. The lowest BCUT2D eigenvalue weighted by Gasteiger charge is -2.57. The average Bonchev–Trinajstić information content (AvgIpc) is 2.37. The van der Waals surface area contributed by atoms with Gasteiger partial charge in [0.05, 0.1) is 6.26 Å². The minimum Gasteiger partial charge on any atom is -0.473 e. The molecule has 0 saturated heterocycles. The lowest BCUT2D eigenvalue weighted by atomic mass is 9.48. The smallest absolute Gasteiger partial charge is 0.199 e. The summed E-state index contributed by atoms with van der Waals surface area (Å²) in [5.74, 6) is 3.87. The molecule has 0 radical (unpaired) electrons. The molecule has 1 heterocycles. The first kappa shape index (κ1) is 13.2. The van der Waals surface area contributed by atoms with Crippen LogP contribution in [0.2, 0.25) is 0 Å². The fraction of sp³-hybridized carbons (Fsp3) is 0.889.